The largest absolute Gasteiger partial charge is 0.491 e. The lowest BCUT2D eigenvalue weighted by atomic mass is 9.92. The van der Waals surface area contributed by atoms with Crippen LogP contribution in [-0.2, 0) is 20.7 Å². The van der Waals surface area contributed by atoms with Gasteiger partial charge in [-0.15, -0.1) is 0 Å². The molecule has 2 unspecified atom stereocenters. The maximum atomic E-state index is 9.10. The molecule has 7 nitrogen and oxygen atoms in total. The van der Waals surface area contributed by atoms with Gasteiger partial charge in [-0.25, -0.2) is 9.59 Å². The highest BCUT2D eigenvalue weighted by Gasteiger charge is 2.21. The summed E-state index contributed by atoms with van der Waals surface area (Å²) in [5, 5.41) is 15.6. The van der Waals surface area contributed by atoms with E-state index < -0.39 is 11.9 Å². The van der Waals surface area contributed by atoms with Crippen molar-refractivity contribution < 1.29 is 29.3 Å². The maximum Gasteiger partial charge on any atom is 0.414 e. The molecule has 0 amide bonds. The summed E-state index contributed by atoms with van der Waals surface area (Å²) in [5.41, 5.74) is 1.12. The summed E-state index contributed by atoms with van der Waals surface area (Å²) in [7, 11) is 0. The Morgan fingerprint density at radius 1 is 1.10 bits per heavy atom. The molecule has 0 aromatic heterocycles. The highest BCUT2D eigenvalue weighted by Crippen LogP contribution is 2.22. The van der Waals surface area contributed by atoms with E-state index in [0.717, 1.165) is 47.7 Å². The van der Waals surface area contributed by atoms with Crippen molar-refractivity contribution in [2.24, 2.45) is 11.8 Å². The molecule has 29 heavy (non-hydrogen) atoms. The van der Waals surface area contributed by atoms with E-state index in [9.17, 15) is 0 Å². The summed E-state index contributed by atoms with van der Waals surface area (Å²) in [6.45, 7) is 12.2. The van der Waals surface area contributed by atoms with Crippen LogP contribution in [0.5, 0.6) is 5.75 Å². The first-order chi connectivity index (χ1) is 13.7. The number of nitrogens with zero attached hydrogens (tertiary/aromatic N) is 1. The van der Waals surface area contributed by atoms with Gasteiger partial charge in [-0.05, 0) is 48.4 Å². The van der Waals surface area contributed by atoms with E-state index in [-0.39, 0.29) is 0 Å². The fourth-order valence-corrected chi connectivity index (χ4v) is 3.65. The quantitative estimate of drug-likeness (QED) is 0.482. The van der Waals surface area contributed by atoms with E-state index in [1.165, 1.54) is 19.5 Å². The van der Waals surface area contributed by atoms with Crippen LogP contribution < -0.4 is 4.74 Å². The van der Waals surface area contributed by atoms with Crippen LogP contribution in [-0.4, -0.2) is 66.5 Å². The van der Waals surface area contributed by atoms with Gasteiger partial charge in [-0.2, -0.15) is 0 Å². The number of carboxylic acids is 2. The maximum absolute atomic E-state index is 9.10. The van der Waals surface area contributed by atoms with Gasteiger partial charge in [0.1, 0.15) is 12.4 Å². The van der Waals surface area contributed by atoms with Crippen molar-refractivity contribution >= 4 is 23.5 Å². The van der Waals surface area contributed by atoms with Crippen LogP contribution in [0.2, 0.25) is 5.02 Å². The Morgan fingerprint density at radius 2 is 1.72 bits per heavy atom. The lowest BCUT2D eigenvalue weighted by Gasteiger charge is -2.34. The van der Waals surface area contributed by atoms with E-state index in [2.05, 4.69) is 25.7 Å². The van der Waals surface area contributed by atoms with E-state index in [1.807, 2.05) is 18.2 Å². The normalized spacial score (nSPS) is 19.2. The minimum atomic E-state index is -1.82. The number of halogens is 1. The molecule has 2 N–H and O–H groups in total. The molecule has 1 fully saturated rings. The van der Waals surface area contributed by atoms with Crippen molar-refractivity contribution in [1.82, 2.24) is 4.90 Å². The molecule has 164 valence electrons. The third-order valence-electron chi connectivity index (χ3n) is 4.57. The number of aryl methyl sites for hydroxylation is 1. The minimum Gasteiger partial charge on any atom is -0.491 e. The number of hydrogen-bond donors (Lipinski definition) is 2. The molecule has 0 spiro atoms. The van der Waals surface area contributed by atoms with Crippen LogP contribution in [0.15, 0.2) is 18.2 Å². The number of ether oxygens (including phenoxy) is 2. The van der Waals surface area contributed by atoms with Gasteiger partial charge < -0.3 is 24.6 Å². The number of benzene rings is 1. The van der Waals surface area contributed by atoms with Crippen molar-refractivity contribution in [3.63, 3.8) is 0 Å². The summed E-state index contributed by atoms with van der Waals surface area (Å²) < 4.78 is 11.4. The SMILES string of the molecule is CCc1cc(OCCOCCN2CC(C)CC(C)C2)ccc1Cl.O=C(O)C(=O)O. The number of piperidine rings is 1. The third kappa shape index (κ3) is 10.5. The minimum absolute atomic E-state index is 0.581. The highest BCUT2D eigenvalue weighted by molar-refractivity contribution is 6.31. The average Bonchev–Trinajstić information content (AvgIpc) is 2.65. The van der Waals surface area contributed by atoms with Gasteiger partial charge in [0.05, 0.1) is 13.2 Å². The molecule has 1 saturated heterocycles. The first-order valence-corrected chi connectivity index (χ1v) is 10.3. The van der Waals surface area contributed by atoms with Crippen LogP contribution in [0.3, 0.4) is 0 Å². The lowest BCUT2D eigenvalue weighted by molar-refractivity contribution is -0.159. The second-order valence-corrected chi connectivity index (χ2v) is 7.79. The zero-order valence-corrected chi connectivity index (χ0v) is 18.2. The molecule has 1 aromatic carbocycles. The predicted molar refractivity (Wildman–Crippen MR) is 112 cm³/mol. The summed E-state index contributed by atoms with van der Waals surface area (Å²) in [6, 6.07) is 5.83. The third-order valence-corrected chi connectivity index (χ3v) is 4.94. The standard InChI is InChI=1S/C19H30ClNO2.C2H2O4/c1-4-17-12-18(5-6-19(17)20)23-10-9-22-8-7-21-13-15(2)11-16(3)14-21;3-1(4)2(5)6/h5-6,12,15-16H,4,7-11,13-14H2,1-3H3;(H,3,4)(H,5,6). The number of carboxylic acid groups (broad SMARTS) is 2. The number of likely N-dealkylation sites (tertiary alicyclic amines) is 1. The van der Waals surface area contributed by atoms with Crippen molar-refractivity contribution in [2.75, 3.05) is 39.5 Å². The second-order valence-electron chi connectivity index (χ2n) is 7.38. The van der Waals surface area contributed by atoms with E-state index in [1.54, 1.807) is 0 Å². The van der Waals surface area contributed by atoms with E-state index >= 15 is 0 Å². The molecule has 1 heterocycles. The first kappa shape index (κ1) is 25.2. The smallest absolute Gasteiger partial charge is 0.414 e. The molecule has 0 bridgehead atoms. The highest BCUT2D eigenvalue weighted by atomic mass is 35.5. The molecular weight excluding hydrogens is 398 g/mol. The Labute approximate surface area is 177 Å². The molecule has 2 atom stereocenters. The van der Waals surface area contributed by atoms with Crippen molar-refractivity contribution in [1.29, 1.82) is 0 Å². The second kappa shape index (κ2) is 13.4. The molecule has 1 aliphatic rings. The van der Waals surface area contributed by atoms with Crippen molar-refractivity contribution in [3.8, 4) is 5.75 Å². The first-order valence-electron chi connectivity index (χ1n) is 9.90. The van der Waals surface area contributed by atoms with Gasteiger partial charge in [0.15, 0.2) is 0 Å². The summed E-state index contributed by atoms with van der Waals surface area (Å²) >= 11 is 6.11. The molecule has 1 aliphatic heterocycles. The molecular formula is C21H32ClNO6. The summed E-state index contributed by atoms with van der Waals surface area (Å²) in [4.78, 5) is 20.7. The Balaban J connectivity index is 0.000000612. The zero-order valence-electron chi connectivity index (χ0n) is 17.4. The zero-order chi connectivity index (χ0) is 21.8. The Kier molecular flexibility index (Phi) is 11.7. The van der Waals surface area contributed by atoms with Gasteiger partial charge in [-0.3, -0.25) is 0 Å². The fraction of sp³-hybridized carbons (Fsp3) is 0.619. The molecule has 8 heteroatoms. The fourth-order valence-electron chi connectivity index (χ4n) is 3.40. The topological polar surface area (TPSA) is 96.3 Å². The van der Waals surface area contributed by atoms with Gasteiger partial charge >= 0.3 is 11.9 Å². The van der Waals surface area contributed by atoms with Crippen LogP contribution in [0.25, 0.3) is 0 Å². The van der Waals surface area contributed by atoms with Crippen LogP contribution in [0.1, 0.15) is 32.8 Å². The average molecular weight is 430 g/mol. The van der Waals surface area contributed by atoms with Crippen molar-refractivity contribution in [2.45, 2.75) is 33.6 Å². The summed E-state index contributed by atoms with van der Waals surface area (Å²) in [5.74, 6) is -1.17. The van der Waals surface area contributed by atoms with Gasteiger partial charge in [-0.1, -0.05) is 32.4 Å². The van der Waals surface area contributed by atoms with E-state index in [4.69, 9.17) is 40.9 Å². The predicted octanol–water partition coefficient (Wildman–Crippen LogP) is 3.43. The number of hydrogen-bond acceptors (Lipinski definition) is 5. The van der Waals surface area contributed by atoms with Gasteiger partial charge in [0.2, 0.25) is 0 Å². The van der Waals surface area contributed by atoms with E-state index in [0.29, 0.717) is 13.2 Å². The Morgan fingerprint density at radius 3 is 2.28 bits per heavy atom. The number of aliphatic carboxylic acids is 2. The van der Waals surface area contributed by atoms with Crippen LogP contribution >= 0.6 is 11.6 Å². The molecule has 0 radical (unpaired) electrons. The Hall–Kier alpha value is -1.83. The van der Waals surface area contributed by atoms with Gasteiger partial charge in [0.25, 0.3) is 0 Å². The molecule has 0 aliphatic carbocycles. The van der Waals surface area contributed by atoms with Crippen LogP contribution in [0.4, 0.5) is 0 Å². The van der Waals surface area contributed by atoms with Crippen molar-refractivity contribution in [3.05, 3.63) is 28.8 Å². The molecule has 1 aromatic rings. The molecule has 0 saturated carbocycles. The van der Waals surface area contributed by atoms with Gasteiger partial charge in [0, 0.05) is 24.7 Å². The molecule has 2 rings (SSSR count). The lowest BCUT2D eigenvalue weighted by Crippen LogP contribution is -2.40. The van der Waals surface area contributed by atoms with Crippen LogP contribution in [0, 0.1) is 11.8 Å². The number of rotatable bonds is 8. The summed E-state index contributed by atoms with van der Waals surface area (Å²) in [6.07, 6.45) is 2.27. The monoisotopic (exact) mass is 429 g/mol. The number of carbonyl (C=O) groups is 2. The Bertz CT molecular complexity index is 632.